The van der Waals surface area contributed by atoms with Gasteiger partial charge in [0.1, 0.15) is 17.3 Å². The second-order valence-corrected chi connectivity index (χ2v) is 6.01. The van der Waals surface area contributed by atoms with Crippen LogP contribution >= 0.6 is 0 Å². The van der Waals surface area contributed by atoms with Crippen molar-refractivity contribution in [2.24, 2.45) is 0 Å². The van der Waals surface area contributed by atoms with Crippen molar-refractivity contribution < 1.29 is 14.3 Å². The SMILES string of the molecule is COc1ccc(Nc2nc(C)cc(N3CCN(C=O)CC3)n2)c(OC)c1. The topological polar surface area (TPSA) is 79.8 Å². The maximum Gasteiger partial charge on any atom is 0.229 e. The van der Waals surface area contributed by atoms with Gasteiger partial charge in [-0.05, 0) is 19.1 Å². The van der Waals surface area contributed by atoms with Gasteiger partial charge in [0.05, 0.1) is 19.9 Å². The van der Waals surface area contributed by atoms with Crippen molar-refractivity contribution in [3.63, 3.8) is 0 Å². The number of amides is 1. The van der Waals surface area contributed by atoms with Gasteiger partial charge < -0.3 is 24.6 Å². The number of anilines is 3. The Morgan fingerprint density at radius 2 is 1.85 bits per heavy atom. The first-order chi connectivity index (χ1) is 12.6. The van der Waals surface area contributed by atoms with E-state index in [2.05, 4.69) is 20.2 Å². The summed E-state index contributed by atoms with van der Waals surface area (Å²) in [5.41, 5.74) is 1.62. The van der Waals surface area contributed by atoms with Crippen LogP contribution in [0.3, 0.4) is 0 Å². The van der Waals surface area contributed by atoms with E-state index in [1.54, 1.807) is 25.2 Å². The lowest BCUT2D eigenvalue weighted by atomic mass is 10.2. The third-order valence-electron chi connectivity index (χ3n) is 4.28. The molecule has 1 N–H and O–H groups in total. The molecule has 8 nitrogen and oxygen atoms in total. The molecule has 0 unspecified atom stereocenters. The molecule has 1 fully saturated rings. The van der Waals surface area contributed by atoms with Crippen LogP contribution in [0.25, 0.3) is 0 Å². The van der Waals surface area contributed by atoms with Crippen molar-refractivity contribution in [2.45, 2.75) is 6.92 Å². The summed E-state index contributed by atoms with van der Waals surface area (Å²) in [6.45, 7) is 4.83. The number of nitrogens with one attached hydrogen (secondary N) is 1. The Morgan fingerprint density at radius 3 is 2.50 bits per heavy atom. The minimum absolute atomic E-state index is 0.501. The molecule has 2 heterocycles. The number of rotatable bonds is 6. The summed E-state index contributed by atoms with van der Waals surface area (Å²) in [6, 6.07) is 7.47. The number of methoxy groups -OCH3 is 2. The highest BCUT2D eigenvalue weighted by molar-refractivity contribution is 5.65. The molecule has 1 amide bonds. The monoisotopic (exact) mass is 357 g/mol. The predicted octanol–water partition coefficient (Wildman–Crippen LogP) is 1.82. The average Bonchev–Trinajstić information content (AvgIpc) is 2.68. The Kier molecular flexibility index (Phi) is 5.40. The number of ether oxygens (including phenoxy) is 2. The normalized spacial score (nSPS) is 14.1. The molecule has 8 heteroatoms. The molecular weight excluding hydrogens is 334 g/mol. The zero-order chi connectivity index (χ0) is 18.5. The van der Waals surface area contributed by atoms with Gasteiger partial charge in [0.15, 0.2) is 0 Å². The lowest BCUT2D eigenvalue weighted by Gasteiger charge is -2.33. The Hall–Kier alpha value is -3.03. The number of aromatic nitrogens is 2. The van der Waals surface area contributed by atoms with Crippen LogP contribution in [0, 0.1) is 6.92 Å². The van der Waals surface area contributed by atoms with Gasteiger partial charge >= 0.3 is 0 Å². The number of aryl methyl sites for hydroxylation is 1. The molecule has 1 aromatic carbocycles. The van der Waals surface area contributed by atoms with Gasteiger partial charge in [0.2, 0.25) is 12.4 Å². The van der Waals surface area contributed by atoms with Gasteiger partial charge in [0.25, 0.3) is 0 Å². The number of hydrogen-bond acceptors (Lipinski definition) is 7. The summed E-state index contributed by atoms with van der Waals surface area (Å²) in [5.74, 6) is 2.71. The van der Waals surface area contributed by atoms with Crippen LogP contribution in [0.4, 0.5) is 17.5 Å². The van der Waals surface area contributed by atoms with Crippen molar-refractivity contribution in [1.29, 1.82) is 0 Å². The van der Waals surface area contributed by atoms with E-state index in [1.807, 2.05) is 25.1 Å². The number of piperazine rings is 1. The first-order valence-corrected chi connectivity index (χ1v) is 8.42. The van der Waals surface area contributed by atoms with Crippen molar-refractivity contribution in [3.05, 3.63) is 30.0 Å². The van der Waals surface area contributed by atoms with E-state index in [1.165, 1.54) is 0 Å². The smallest absolute Gasteiger partial charge is 0.229 e. The zero-order valence-corrected chi connectivity index (χ0v) is 15.2. The molecule has 1 aliphatic rings. The third kappa shape index (κ3) is 3.96. The highest BCUT2D eigenvalue weighted by Crippen LogP contribution is 2.31. The number of nitrogens with zero attached hydrogens (tertiary/aromatic N) is 4. The van der Waals surface area contributed by atoms with Crippen LogP contribution in [-0.2, 0) is 4.79 Å². The molecule has 0 atom stereocenters. The molecule has 0 bridgehead atoms. The Morgan fingerprint density at radius 1 is 1.08 bits per heavy atom. The second kappa shape index (κ2) is 7.90. The van der Waals surface area contributed by atoms with E-state index in [4.69, 9.17) is 9.47 Å². The highest BCUT2D eigenvalue weighted by atomic mass is 16.5. The van der Waals surface area contributed by atoms with Crippen LogP contribution in [0.2, 0.25) is 0 Å². The maximum atomic E-state index is 10.9. The summed E-state index contributed by atoms with van der Waals surface area (Å²) in [7, 11) is 3.22. The number of carbonyl (C=O) groups excluding carboxylic acids is 1. The third-order valence-corrected chi connectivity index (χ3v) is 4.28. The maximum absolute atomic E-state index is 10.9. The molecule has 2 aromatic rings. The van der Waals surface area contributed by atoms with Crippen LogP contribution < -0.4 is 19.7 Å². The summed E-state index contributed by atoms with van der Waals surface area (Å²) in [4.78, 5) is 23.9. The number of benzene rings is 1. The number of hydrogen-bond donors (Lipinski definition) is 1. The fourth-order valence-corrected chi connectivity index (χ4v) is 2.85. The number of carbonyl (C=O) groups is 1. The first kappa shape index (κ1) is 17.8. The van der Waals surface area contributed by atoms with E-state index in [9.17, 15) is 4.79 Å². The Labute approximate surface area is 152 Å². The summed E-state index contributed by atoms with van der Waals surface area (Å²) >= 11 is 0. The van der Waals surface area contributed by atoms with Crippen molar-refractivity contribution >= 4 is 23.9 Å². The molecule has 1 aromatic heterocycles. The van der Waals surface area contributed by atoms with Crippen LogP contribution in [0.1, 0.15) is 5.69 Å². The van der Waals surface area contributed by atoms with Crippen LogP contribution in [0.5, 0.6) is 11.5 Å². The predicted molar refractivity (Wildman–Crippen MR) is 99.4 cm³/mol. The summed E-state index contributed by atoms with van der Waals surface area (Å²) < 4.78 is 10.6. The van der Waals surface area contributed by atoms with E-state index < -0.39 is 0 Å². The average molecular weight is 357 g/mol. The first-order valence-electron chi connectivity index (χ1n) is 8.42. The van der Waals surface area contributed by atoms with E-state index in [0.29, 0.717) is 30.5 Å². The van der Waals surface area contributed by atoms with Crippen molar-refractivity contribution in [3.8, 4) is 11.5 Å². The minimum atomic E-state index is 0.501. The lowest BCUT2D eigenvalue weighted by Crippen LogP contribution is -2.46. The van der Waals surface area contributed by atoms with E-state index in [0.717, 1.165) is 36.7 Å². The van der Waals surface area contributed by atoms with Gasteiger partial charge in [-0.15, -0.1) is 0 Å². The van der Waals surface area contributed by atoms with Gasteiger partial charge in [-0.1, -0.05) is 0 Å². The summed E-state index contributed by atoms with van der Waals surface area (Å²) in [6.07, 6.45) is 0.894. The standard InChI is InChI=1S/C18H23N5O3/c1-13-10-17(23-8-6-22(12-24)7-9-23)21-18(19-13)20-15-5-4-14(25-2)11-16(15)26-3/h4-5,10-12H,6-9H2,1-3H3,(H,19,20,21). The molecular formula is C18H23N5O3. The second-order valence-electron chi connectivity index (χ2n) is 6.01. The molecule has 138 valence electrons. The summed E-state index contributed by atoms with van der Waals surface area (Å²) in [5, 5.41) is 3.22. The molecule has 0 saturated carbocycles. The van der Waals surface area contributed by atoms with Crippen LogP contribution in [-0.4, -0.2) is 61.7 Å². The van der Waals surface area contributed by atoms with E-state index >= 15 is 0 Å². The quantitative estimate of drug-likeness (QED) is 0.790. The van der Waals surface area contributed by atoms with Gasteiger partial charge in [-0.25, -0.2) is 4.98 Å². The molecule has 0 aliphatic carbocycles. The highest BCUT2D eigenvalue weighted by Gasteiger charge is 2.18. The molecule has 1 saturated heterocycles. The minimum Gasteiger partial charge on any atom is -0.497 e. The largest absolute Gasteiger partial charge is 0.497 e. The lowest BCUT2D eigenvalue weighted by molar-refractivity contribution is -0.118. The fraction of sp³-hybridized carbons (Fsp3) is 0.389. The molecule has 0 spiro atoms. The zero-order valence-electron chi connectivity index (χ0n) is 15.2. The van der Waals surface area contributed by atoms with Crippen molar-refractivity contribution in [2.75, 3.05) is 50.6 Å². The molecule has 0 radical (unpaired) electrons. The molecule has 3 rings (SSSR count). The van der Waals surface area contributed by atoms with Gasteiger partial charge in [-0.3, -0.25) is 4.79 Å². The molecule has 26 heavy (non-hydrogen) atoms. The fourth-order valence-electron chi connectivity index (χ4n) is 2.85. The van der Waals surface area contributed by atoms with E-state index in [-0.39, 0.29) is 0 Å². The Balaban J connectivity index is 1.81. The van der Waals surface area contributed by atoms with Gasteiger partial charge in [-0.2, -0.15) is 4.98 Å². The van der Waals surface area contributed by atoms with Crippen molar-refractivity contribution in [1.82, 2.24) is 14.9 Å². The van der Waals surface area contributed by atoms with Gasteiger partial charge in [0, 0.05) is 44.0 Å². The van der Waals surface area contributed by atoms with Crippen LogP contribution in [0.15, 0.2) is 24.3 Å². The molecule has 1 aliphatic heterocycles. The Bertz CT molecular complexity index is 775.